The summed E-state index contributed by atoms with van der Waals surface area (Å²) in [6.07, 6.45) is 4.01. The van der Waals surface area contributed by atoms with Gasteiger partial charge in [0.1, 0.15) is 0 Å². The number of likely N-dealkylation sites (tertiary alicyclic amines) is 1. The number of nitrogens with zero attached hydrogens (tertiary/aromatic N) is 1. The molecule has 1 amide bonds. The Morgan fingerprint density at radius 1 is 1.12 bits per heavy atom. The maximum absolute atomic E-state index is 13.1. The first-order valence-corrected chi connectivity index (χ1v) is 9.32. The zero-order valence-electron chi connectivity index (χ0n) is 15.4. The average Bonchev–Trinajstić information content (AvgIpc) is 2.67. The minimum absolute atomic E-state index is 0. The maximum Gasteiger partial charge on any atom is 0.254 e. The van der Waals surface area contributed by atoms with Crippen LogP contribution in [0.15, 0.2) is 54.6 Å². The molecule has 0 radical (unpaired) electrons. The van der Waals surface area contributed by atoms with Crippen molar-refractivity contribution >= 4 is 18.3 Å². The molecular formula is C22H29ClN2O. The van der Waals surface area contributed by atoms with Crippen LogP contribution < -0.4 is 5.73 Å². The minimum Gasteiger partial charge on any atom is -0.338 e. The number of amides is 1. The van der Waals surface area contributed by atoms with Crippen molar-refractivity contribution < 1.29 is 4.79 Å². The molecule has 1 aliphatic rings. The van der Waals surface area contributed by atoms with E-state index in [9.17, 15) is 4.79 Å². The molecule has 0 aromatic heterocycles. The van der Waals surface area contributed by atoms with E-state index in [1.807, 2.05) is 36.1 Å². The van der Waals surface area contributed by atoms with Crippen LogP contribution in [-0.2, 0) is 12.8 Å². The third kappa shape index (κ3) is 5.09. The number of rotatable bonds is 5. The maximum atomic E-state index is 13.1. The summed E-state index contributed by atoms with van der Waals surface area (Å²) >= 11 is 0. The molecule has 3 nitrogen and oxygen atoms in total. The molecule has 2 atom stereocenters. The lowest BCUT2D eigenvalue weighted by Gasteiger charge is -2.35. The van der Waals surface area contributed by atoms with E-state index >= 15 is 0 Å². The topological polar surface area (TPSA) is 46.3 Å². The summed E-state index contributed by atoms with van der Waals surface area (Å²) in [7, 11) is 0. The Morgan fingerprint density at radius 2 is 1.81 bits per heavy atom. The van der Waals surface area contributed by atoms with Crippen molar-refractivity contribution in [2.24, 2.45) is 11.7 Å². The highest BCUT2D eigenvalue weighted by atomic mass is 35.5. The lowest BCUT2D eigenvalue weighted by Crippen LogP contribution is -2.45. The summed E-state index contributed by atoms with van der Waals surface area (Å²) in [5.74, 6) is 0.572. The fourth-order valence-corrected chi connectivity index (χ4v) is 3.66. The quantitative estimate of drug-likeness (QED) is 0.859. The zero-order valence-corrected chi connectivity index (χ0v) is 16.3. The van der Waals surface area contributed by atoms with E-state index in [1.54, 1.807) is 0 Å². The third-order valence-electron chi connectivity index (χ3n) is 5.26. The Labute approximate surface area is 163 Å². The third-order valence-corrected chi connectivity index (χ3v) is 5.26. The molecule has 1 heterocycles. The largest absolute Gasteiger partial charge is 0.338 e. The minimum atomic E-state index is 0. The second kappa shape index (κ2) is 9.75. The van der Waals surface area contributed by atoms with E-state index in [2.05, 4.69) is 30.3 Å². The first-order chi connectivity index (χ1) is 12.1. The van der Waals surface area contributed by atoms with Gasteiger partial charge < -0.3 is 10.6 Å². The van der Waals surface area contributed by atoms with Gasteiger partial charge in [0, 0.05) is 24.7 Å². The van der Waals surface area contributed by atoms with Crippen LogP contribution in [0.2, 0.25) is 0 Å². The predicted molar refractivity (Wildman–Crippen MR) is 110 cm³/mol. The summed E-state index contributed by atoms with van der Waals surface area (Å²) in [6, 6.07) is 18.6. The lowest BCUT2D eigenvalue weighted by atomic mass is 9.91. The molecule has 1 aliphatic heterocycles. The van der Waals surface area contributed by atoms with E-state index in [4.69, 9.17) is 5.73 Å². The van der Waals surface area contributed by atoms with Crippen LogP contribution in [0.5, 0.6) is 0 Å². The van der Waals surface area contributed by atoms with Gasteiger partial charge in [0.05, 0.1) is 0 Å². The van der Waals surface area contributed by atoms with E-state index in [0.717, 1.165) is 49.9 Å². The van der Waals surface area contributed by atoms with Gasteiger partial charge in [-0.15, -0.1) is 12.4 Å². The molecule has 1 fully saturated rings. The van der Waals surface area contributed by atoms with Gasteiger partial charge in [-0.05, 0) is 55.7 Å². The van der Waals surface area contributed by atoms with Crippen LogP contribution in [-0.4, -0.2) is 29.9 Å². The van der Waals surface area contributed by atoms with Crippen molar-refractivity contribution in [1.82, 2.24) is 4.90 Å². The smallest absolute Gasteiger partial charge is 0.254 e. The van der Waals surface area contributed by atoms with Crippen LogP contribution in [0.1, 0.15) is 41.3 Å². The lowest BCUT2D eigenvalue weighted by molar-refractivity contribution is 0.0660. The van der Waals surface area contributed by atoms with Crippen LogP contribution >= 0.6 is 12.4 Å². The van der Waals surface area contributed by atoms with Crippen molar-refractivity contribution in [3.63, 3.8) is 0 Å². The number of hydrogen-bond donors (Lipinski definition) is 1. The highest BCUT2D eigenvalue weighted by Gasteiger charge is 2.27. The van der Waals surface area contributed by atoms with Gasteiger partial charge in [0.2, 0.25) is 0 Å². The number of piperidine rings is 1. The molecule has 2 N–H and O–H groups in total. The van der Waals surface area contributed by atoms with Crippen LogP contribution in [0.25, 0.3) is 0 Å². The van der Waals surface area contributed by atoms with Gasteiger partial charge in [0.25, 0.3) is 5.91 Å². The average molecular weight is 373 g/mol. The van der Waals surface area contributed by atoms with Crippen LogP contribution in [0, 0.1) is 5.92 Å². The first-order valence-electron chi connectivity index (χ1n) is 9.32. The van der Waals surface area contributed by atoms with Gasteiger partial charge in [-0.1, -0.05) is 48.5 Å². The van der Waals surface area contributed by atoms with Crippen molar-refractivity contribution in [3.8, 4) is 0 Å². The molecule has 1 saturated heterocycles. The molecule has 3 rings (SSSR count). The number of halogens is 1. The molecule has 0 spiro atoms. The standard InChI is InChI=1S/C22H28N2O.ClH/c1-17(23)20-11-7-15-24(16-20)22(25)21-12-6-5-10-19(21)14-13-18-8-3-2-4-9-18;/h2-6,8-10,12,17,20H,7,11,13-16,23H2,1H3;1H. The number of nitrogens with two attached hydrogens (primary N) is 1. The number of carbonyl (C=O) groups is 1. The highest BCUT2D eigenvalue weighted by molar-refractivity contribution is 5.95. The van der Waals surface area contributed by atoms with Gasteiger partial charge in [-0.3, -0.25) is 4.79 Å². The van der Waals surface area contributed by atoms with E-state index < -0.39 is 0 Å². The van der Waals surface area contributed by atoms with Crippen molar-refractivity contribution in [3.05, 3.63) is 71.3 Å². The van der Waals surface area contributed by atoms with E-state index in [1.165, 1.54) is 5.56 Å². The van der Waals surface area contributed by atoms with Crippen molar-refractivity contribution in [2.45, 2.75) is 38.6 Å². The summed E-state index contributed by atoms with van der Waals surface area (Å²) < 4.78 is 0. The van der Waals surface area contributed by atoms with Crippen LogP contribution in [0.4, 0.5) is 0 Å². The SMILES string of the molecule is CC(N)C1CCCN(C(=O)c2ccccc2CCc2ccccc2)C1.Cl. The second-order valence-electron chi connectivity index (χ2n) is 7.16. The Balaban J connectivity index is 0.00000243. The molecule has 4 heteroatoms. The molecule has 0 bridgehead atoms. The number of hydrogen-bond acceptors (Lipinski definition) is 2. The van der Waals surface area contributed by atoms with Gasteiger partial charge in [-0.2, -0.15) is 0 Å². The molecule has 140 valence electrons. The Kier molecular flexibility index (Phi) is 7.67. The number of carbonyl (C=O) groups excluding carboxylic acids is 1. The normalized spacial score (nSPS) is 18.1. The highest BCUT2D eigenvalue weighted by Crippen LogP contribution is 2.22. The number of benzene rings is 2. The molecule has 2 aromatic carbocycles. The summed E-state index contributed by atoms with van der Waals surface area (Å²) in [4.78, 5) is 15.1. The fourth-order valence-electron chi connectivity index (χ4n) is 3.66. The van der Waals surface area contributed by atoms with E-state index in [0.29, 0.717) is 5.92 Å². The van der Waals surface area contributed by atoms with Crippen molar-refractivity contribution in [2.75, 3.05) is 13.1 Å². The molecule has 2 aromatic rings. The Morgan fingerprint density at radius 3 is 2.54 bits per heavy atom. The van der Waals surface area contributed by atoms with Crippen molar-refractivity contribution in [1.29, 1.82) is 0 Å². The molecular weight excluding hydrogens is 344 g/mol. The molecule has 0 aliphatic carbocycles. The molecule has 0 saturated carbocycles. The van der Waals surface area contributed by atoms with Gasteiger partial charge in [0.15, 0.2) is 0 Å². The zero-order chi connectivity index (χ0) is 17.6. The Bertz CT molecular complexity index is 702. The summed E-state index contributed by atoms with van der Waals surface area (Å²) in [6.45, 7) is 3.67. The predicted octanol–water partition coefficient (Wildman–Crippen LogP) is 4.09. The molecule has 2 unspecified atom stereocenters. The number of aryl methyl sites for hydroxylation is 2. The monoisotopic (exact) mass is 372 g/mol. The first kappa shape index (κ1) is 20.5. The Hall–Kier alpha value is -1.84. The second-order valence-corrected chi connectivity index (χ2v) is 7.16. The fraction of sp³-hybridized carbons (Fsp3) is 0.409. The summed E-state index contributed by atoms with van der Waals surface area (Å²) in [5, 5.41) is 0. The van der Waals surface area contributed by atoms with Gasteiger partial charge >= 0.3 is 0 Å². The van der Waals surface area contributed by atoms with Crippen LogP contribution in [0.3, 0.4) is 0 Å². The molecule has 26 heavy (non-hydrogen) atoms. The van der Waals surface area contributed by atoms with Gasteiger partial charge in [-0.25, -0.2) is 0 Å². The summed E-state index contributed by atoms with van der Waals surface area (Å²) in [5.41, 5.74) is 9.37. The van der Waals surface area contributed by atoms with E-state index in [-0.39, 0.29) is 24.4 Å².